The van der Waals surface area contributed by atoms with Gasteiger partial charge in [0.2, 0.25) is 0 Å². The Morgan fingerprint density at radius 3 is 2.75 bits per heavy atom. The summed E-state index contributed by atoms with van der Waals surface area (Å²) >= 11 is 0. The summed E-state index contributed by atoms with van der Waals surface area (Å²) in [6.07, 6.45) is 1.41. The molecule has 0 aromatic carbocycles. The Hall–Kier alpha value is -0.980. The third-order valence-electron chi connectivity index (χ3n) is 3.50. The lowest BCUT2D eigenvalue weighted by atomic mass is 9.93. The van der Waals surface area contributed by atoms with Crippen LogP contribution in [0.5, 0.6) is 0 Å². The molecule has 1 aromatic heterocycles. The van der Waals surface area contributed by atoms with Crippen molar-refractivity contribution in [2.45, 2.75) is 70.9 Å². The average Bonchev–Trinajstić information content (AvgIpc) is 2.90. The van der Waals surface area contributed by atoms with Crippen LogP contribution in [0.25, 0.3) is 0 Å². The lowest BCUT2D eigenvalue weighted by molar-refractivity contribution is 0.0737. The predicted octanol–water partition coefficient (Wildman–Crippen LogP) is 0.702. The highest BCUT2D eigenvalue weighted by Crippen LogP contribution is 2.20. The molecule has 1 aliphatic heterocycles. The monoisotopic (exact) mass is 282 g/mol. The Labute approximate surface area is 120 Å². The lowest BCUT2D eigenvalue weighted by Gasteiger charge is -2.23. The van der Waals surface area contributed by atoms with E-state index < -0.39 is 6.10 Å². The molecular formula is C14H26N4O2. The van der Waals surface area contributed by atoms with E-state index in [2.05, 4.69) is 50.2 Å². The summed E-state index contributed by atoms with van der Waals surface area (Å²) in [4.78, 5) is 0. The van der Waals surface area contributed by atoms with Gasteiger partial charge in [0.25, 0.3) is 0 Å². The van der Waals surface area contributed by atoms with Gasteiger partial charge in [0.05, 0.1) is 37.1 Å². The number of ether oxygens (including phenoxy) is 1. The molecule has 0 saturated carbocycles. The number of aromatic nitrogens is 3. The molecule has 2 rings (SSSR count). The predicted molar refractivity (Wildman–Crippen MR) is 76.5 cm³/mol. The third kappa shape index (κ3) is 3.56. The van der Waals surface area contributed by atoms with Crippen LogP contribution in [0.4, 0.5) is 0 Å². The number of aliphatic hydroxyl groups excluding tert-OH is 1. The minimum absolute atomic E-state index is 0.0100. The van der Waals surface area contributed by atoms with E-state index >= 15 is 0 Å². The first kappa shape index (κ1) is 15.4. The summed E-state index contributed by atoms with van der Waals surface area (Å²) in [6.45, 7) is 11.4. The average molecular weight is 282 g/mol. The number of aliphatic hydroxyl groups is 1. The highest BCUT2D eigenvalue weighted by molar-refractivity contribution is 5.06. The quantitative estimate of drug-likeness (QED) is 0.850. The van der Waals surface area contributed by atoms with Crippen molar-refractivity contribution in [1.29, 1.82) is 0 Å². The highest BCUT2D eigenvalue weighted by atomic mass is 16.5. The van der Waals surface area contributed by atoms with E-state index in [1.807, 2.05) is 6.20 Å². The molecule has 1 saturated heterocycles. The van der Waals surface area contributed by atoms with E-state index in [0.717, 1.165) is 5.69 Å². The molecule has 6 nitrogen and oxygen atoms in total. The fraction of sp³-hybridized carbons (Fsp3) is 0.857. The molecule has 0 bridgehead atoms. The molecule has 1 aliphatic rings. The van der Waals surface area contributed by atoms with Gasteiger partial charge in [-0.15, -0.1) is 5.10 Å². The highest BCUT2D eigenvalue weighted by Gasteiger charge is 2.36. The van der Waals surface area contributed by atoms with Crippen molar-refractivity contribution in [2.24, 2.45) is 0 Å². The third-order valence-corrected chi connectivity index (χ3v) is 3.50. The molecule has 0 aliphatic carbocycles. The van der Waals surface area contributed by atoms with Crippen molar-refractivity contribution in [3.63, 3.8) is 0 Å². The maximum atomic E-state index is 9.99. The zero-order valence-corrected chi connectivity index (χ0v) is 13.0. The molecule has 2 heterocycles. The van der Waals surface area contributed by atoms with Gasteiger partial charge in [-0.05, 0) is 0 Å². The van der Waals surface area contributed by atoms with Gasteiger partial charge >= 0.3 is 0 Å². The Morgan fingerprint density at radius 1 is 1.50 bits per heavy atom. The number of hydrogen-bond acceptors (Lipinski definition) is 5. The number of nitrogens with zero attached hydrogens (tertiary/aromatic N) is 3. The zero-order chi connectivity index (χ0) is 14.9. The molecule has 1 aromatic rings. The molecule has 6 heteroatoms. The van der Waals surface area contributed by atoms with Crippen LogP contribution in [0.1, 0.15) is 40.3 Å². The number of rotatable bonds is 4. The van der Waals surface area contributed by atoms with E-state index in [-0.39, 0.29) is 17.6 Å². The van der Waals surface area contributed by atoms with E-state index in [9.17, 15) is 5.11 Å². The molecule has 2 N–H and O–H groups in total. The van der Waals surface area contributed by atoms with Gasteiger partial charge in [-0.3, -0.25) is 0 Å². The second-order valence-electron chi connectivity index (χ2n) is 6.86. The van der Waals surface area contributed by atoms with Crippen LogP contribution in [0, 0.1) is 0 Å². The Balaban J connectivity index is 2.03. The maximum absolute atomic E-state index is 9.99. The first-order valence-corrected chi connectivity index (χ1v) is 7.23. The van der Waals surface area contributed by atoms with Crippen molar-refractivity contribution >= 4 is 0 Å². The van der Waals surface area contributed by atoms with Gasteiger partial charge in [-0.2, -0.15) is 0 Å². The minimum Gasteiger partial charge on any atom is -0.389 e. The molecule has 0 radical (unpaired) electrons. The molecule has 114 valence electrons. The van der Waals surface area contributed by atoms with Gasteiger partial charge in [0.15, 0.2) is 0 Å². The van der Waals surface area contributed by atoms with Crippen LogP contribution < -0.4 is 5.32 Å². The van der Waals surface area contributed by atoms with Crippen molar-refractivity contribution in [3.05, 3.63) is 11.9 Å². The summed E-state index contributed by atoms with van der Waals surface area (Å²) in [6, 6.07) is 0.247. The molecule has 20 heavy (non-hydrogen) atoms. The summed E-state index contributed by atoms with van der Waals surface area (Å²) in [7, 11) is 0. The zero-order valence-electron chi connectivity index (χ0n) is 13.0. The Bertz CT molecular complexity index is 439. The van der Waals surface area contributed by atoms with E-state index in [4.69, 9.17) is 4.74 Å². The van der Waals surface area contributed by atoms with Gasteiger partial charge in [0.1, 0.15) is 0 Å². The fourth-order valence-electron chi connectivity index (χ4n) is 2.36. The smallest absolute Gasteiger partial charge is 0.0952 e. The molecule has 0 spiro atoms. The van der Waals surface area contributed by atoms with Gasteiger partial charge in [-0.1, -0.05) is 39.8 Å². The molecule has 3 atom stereocenters. The summed E-state index contributed by atoms with van der Waals surface area (Å²) in [5.74, 6) is 0. The van der Waals surface area contributed by atoms with Crippen molar-refractivity contribution in [3.8, 4) is 0 Å². The second-order valence-corrected chi connectivity index (χ2v) is 6.86. The topological polar surface area (TPSA) is 72.2 Å². The van der Waals surface area contributed by atoms with E-state index in [1.54, 1.807) is 4.68 Å². The molecule has 1 fully saturated rings. The molecular weight excluding hydrogens is 256 g/mol. The lowest BCUT2D eigenvalue weighted by Crippen LogP contribution is -2.48. The fourth-order valence-corrected chi connectivity index (χ4v) is 2.36. The van der Waals surface area contributed by atoms with E-state index in [0.29, 0.717) is 19.2 Å². The second kappa shape index (κ2) is 5.79. The Morgan fingerprint density at radius 2 is 2.20 bits per heavy atom. The molecule has 0 unspecified atom stereocenters. The number of nitrogens with one attached hydrogen (secondary N) is 1. The maximum Gasteiger partial charge on any atom is 0.0952 e. The molecule has 0 amide bonds. The minimum atomic E-state index is -0.465. The largest absolute Gasteiger partial charge is 0.389 e. The normalized spacial score (nSPS) is 27.4. The summed E-state index contributed by atoms with van der Waals surface area (Å²) in [5, 5.41) is 21.7. The van der Waals surface area contributed by atoms with Crippen LogP contribution >= 0.6 is 0 Å². The SMILES string of the molecule is CC(C)N[C@@H]1[C@@H](O)CO[C@@H]1Cn1cc(C(C)(C)C)nn1. The van der Waals surface area contributed by atoms with E-state index in [1.165, 1.54) is 0 Å². The van der Waals surface area contributed by atoms with Crippen molar-refractivity contribution in [1.82, 2.24) is 20.3 Å². The number of hydrogen-bond donors (Lipinski definition) is 2. The van der Waals surface area contributed by atoms with Crippen molar-refractivity contribution < 1.29 is 9.84 Å². The van der Waals surface area contributed by atoms with Crippen LogP contribution in [-0.2, 0) is 16.7 Å². The van der Waals surface area contributed by atoms with Crippen LogP contribution in [0.15, 0.2) is 6.20 Å². The standard InChI is InChI=1S/C14H26N4O2/c1-9(2)15-13-10(19)8-20-11(13)6-18-7-12(16-17-18)14(3,4)5/h7,9-11,13,15,19H,6,8H2,1-5H3/t10-,11+,13+/m0/s1. The van der Waals surface area contributed by atoms with Crippen LogP contribution in [-0.4, -0.2) is 51.0 Å². The van der Waals surface area contributed by atoms with Gasteiger partial charge < -0.3 is 15.2 Å². The first-order valence-electron chi connectivity index (χ1n) is 7.23. The van der Waals surface area contributed by atoms with Crippen LogP contribution in [0.2, 0.25) is 0 Å². The van der Waals surface area contributed by atoms with Crippen LogP contribution in [0.3, 0.4) is 0 Å². The summed E-state index contributed by atoms with van der Waals surface area (Å²) < 4.78 is 7.48. The Kier molecular flexibility index (Phi) is 4.46. The van der Waals surface area contributed by atoms with Crippen molar-refractivity contribution in [2.75, 3.05) is 6.61 Å². The summed E-state index contributed by atoms with van der Waals surface area (Å²) in [5.41, 5.74) is 0.952. The van der Waals surface area contributed by atoms with Gasteiger partial charge in [-0.25, -0.2) is 4.68 Å². The van der Waals surface area contributed by atoms with Gasteiger partial charge in [0, 0.05) is 17.7 Å². The first-order chi connectivity index (χ1) is 9.27.